The maximum Gasteiger partial charge on any atom is 0.371 e. The summed E-state index contributed by atoms with van der Waals surface area (Å²) in [6.45, 7) is 11.7. The van der Waals surface area contributed by atoms with Crippen LogP contribution in [0.25, 0.3) is 0 Å². The van der Waals surface area contributed by atoms with E-state index in [-0.39, 0.29) is 12.1 Å². The lowest BCUT2D eigenvalue weighted by atomic mass is 9.98. The molecule has 0 aliphatic rings. The number of hydrogen-bond acceptors (Lipinski definition) is 3. The Balaban J connectivity index is 2.16. The SMILES string of the molecule is C=CCCC(=C)CCC(=C)CC/C(=N/OC(=O)c1c(F)c(F)c(F)c(F)c1F)c1ccccc1. The van der Waals surface area contributed by atoms with E-state index in [0.717, 1.165) is 30.4 Å². The average molecular weight is 477 g/mol. The van der Waals surface area contributed by atoms with Gasteiger partial charge in [-0.05, 0) is 44.1 Å². The van der Waals surface area contributed by atoms with Gasteiger partial charge in [0.25, 0.3) is 0 Å². The highest BCUT2D eigenvalue weighted by atomic mass is 19.2. The van der Waals surface area contributed by atoms with Gasteiger partial charge in [0.2, 0.25) is 5.82 Å². The summed E-state index contributed by atoms with van der Waals surface area (Å²) in [5.74, 6) is -13.2. The molecule has 2 rings (SSSR count). The van der Waals surface area contributed by atoms with Crippen molar-refractivity contribution in [2.75, 3.05) is 0 Å². The number of rotatable bonds is 12. The van der Waals surface area contributed by atoms with E-state index in [4.69, 9.17) is 0 Å². The van der Waals surface area contributed by atoms with Crippen LogP contribution in [0.4, 0.5) is 22.0 Å². The van der Waals surface area contributed by atoms with Gasteiger partial charge in [-0.1, -0.05) is 65.9 Å². The fourth-order valence-corrected chi connectivity index (χ4v) is 3.00. The molecule has 0 saturated heterocycles. The lowest BCUT2D eigenvalue weighted by Gasteiger charge is -2.10. The van der Waals surface area contributed by atoms with E-state index in [9.17, 15) is 26.7 Å². The third kappa shape index (κ3) is 6.97. The lowest BCUT2D eigenvalue weighted by molar-refractivity contribution is 0.0501. The Morgan fingerprint density at radius 2 is 1.29 bits per heavy atom. The zero-order chi connectivity index (χ0) is 25.3. The molecule has 0 aliphatic heterocycles. The van der Waals surface area contributed by atoms with E-state index in [2.05, 4.69) is 29.7 Å². The number of benzene rings is 2. The molecule has 0 radical (unpaired) electrons. The van der Waals surface area contributed by atoms with Crippen LogP contribution in [-0.4, -0.2) is 11.7 Å². The Labute approximate surface area is 194 Å². The summed E-state index contributed by atoms with van der Waals surface area (Å²) >= 11 is 0. The fourth-order valence-electron chi connectivity index (χ4n) is 3.00. The van der Waals surface area contributed by atoms with Gasteiger partial charge in [-0.2, -0.15) is 0 Å². The van der Waals surface area contributed by atoms with Crippen LogP contribution >= 0.6 is 0 Å². The molecule has 0 heterocycles. The van der Waals surface area contributed by atoms with Crippen LogP contribution in [0.3, 0.4) is 0 Å². The third-order valence-corrected chi connectivity index (χ3v) is 5.01. The molecule has 0 spiro atoms. The fraction of sp³-hybridized carbons (Fsp3) is 0.231. The monoisotopic (exact) mass is 477 g/mol. The summed E-state index contributed by atoms with van der Waals surface area (Å²) in [4.78, 5) is 16.7. The molecule has 0 N–H and O–H groups in total. The summed E-state index contributed by atoms with van der Waals surface area (Å²) in [7, 11) is 0. The number of hydrogen-bond donors (Lipinski definition) is 0. The van der Waals surface area contributed by atoms with Gasteiger partial charge in [-0.3, -0.25) is 0 Å². The van der Waals surface area contributed by atoms with Crippen molar-refractivity contribution in [3.05, 3.63) is 108 Å². The first-order valence-electron chi connectivity index (χ1n) is 10.5. The molecule has 0 saturated carbocycles. The largest absolute Gasteiger partial charge is 0.371 e. The second-order valence-electron chi connectivity index (χ2n) is 7.56. The first-order valence-corrected chi connectivity index (χ1v) is 10.5. The normalized spacial score (nSPS) is 11.3. The van der Waals surface area contributed by atoms with Gasteiger partial charge in [0.1, 0.15) is 5.56 Å². The molecule has 8 heteroatoms. The maximum atomic E-state index is 13.9. The second kappa shape index (κ2) is 12.6. The molecular weight excluding hydrogens is 453 g/mol. The van der Waals surface area contributed by atoms with Crippen molar-refractivity contribution >= 4 is 11.7 Å². The smallest absolute Gasteiger partial charge is 0.312 e. The molecule has 0 amide bonds. The summed E-state index contributed by atoms with van der Waals surface area (Å²) in [6.07, 6.45) is 5.64. The molecule has 2 aromatic carbocycles. The van der Waals surface area contributed by atoms with Crippen LogP contribution in [0, 0.1) is 29.1 Å². The minimum absolute atomic E-state index is 0.240. The number of nitrogens with zero attached hydrogens (tertiary/aromatic N) is 1. The van der Waals surface area contributed by atoms with Gasteiger partial charge in [-0.25, -0.2) is 26.7 Å². The Bertz CT molecular complexity index is 1080. The van der Waals surface area contributed by atoms with Gasteiger partial charge in [0, 0.05) is 0 Å². The molecule has 0 fully saturated rings. The van der Waals surface area contributed by atoms with Crippen molar-refractivity contribution in [1.82, 2.24) is 0 Å². The summed E-state index contributed by atoms with van der Waals surface area (Å²) < 4.78 is 67.8. The summed E-state index contributed by atoms with van der Waals surface area (Å²) in [5, 5.41) is 3.67. The molecule has 0 unspecified atom stereocenters. The van der Waals surface area contributed by atoms with Gasteiger partial charge in [0.15, 0.2) is 23.3 Å². The summed E-state index contributed by atoms with van der Waals surface area (Å²) in [6, 6.07) is 8.50. The van der Waals surface area contributed by atoms with Crippen LogP contribution in [0.5, 0.6) is 0 Å². The van der Waals surface area contributed by atoms with Crippen LogP contribution in [-0.2, 0) is 4.84 Å². The van der Waals surface area contributed by atoms with Crippen molar-refractivity contribution in [2.24, 2.45) is 5.16 Å². The van der Waals surface area contributed by atoms with Crippen LogP contribution in [0.1, 0.15) is 54.4 Å². The van der Waals surface area contributed by atoms with E-state index in [1.807, 2.05) is 6.08 Å². The van der Waals surface area contributed by atoms with E-state index in [1.165, 1.54) is 0 Å². The number of carbonyl (C=O) groups excluding carboxylic acids is 1. The van der Waals surface area contributed by atoms with Gasteiger partial charge < -0.3 is 4.84 Å². The van der Waals surface area contributed by atoms with Crippen LogP contribution < -0.4 is 0 Å². The number of allylic oxidation sites excluding steroid dienone is 3. The minimum Gasteiger partial charge on any atom is -0.312 e. The highest BCUT2D eigenvalue weighted by molar-refractivity contribution is 6.01. The predicted octanol–water partition coefficient (Wildman–Crippen LogP) is 7.58. The van der Waals surface area contributed by atoms with Crippen LogP contribution in [0.2, 0.25) is 0 Å². The van der Waals surface area contributed by atoms with E-state index < -0.39 is 40.6 Å². The van der Waals surface area contributed by atoms with Gasteiger partial charge >= 0.3 is 5.97 Å². The van der Waals surface area contributed by atoms with Crippen molar-refractivity contribution < 1.29 is 31.6 Å². The zero-order valence-electron chi connectivity index (χ0n) is 18.5. The predicted molar refractivity (Wildman–Crippen MR) is 121 cm³/mol. The molecule has 0 aliphatic carbocycles. The Kier molecular flexibility index (Phi) is 9.92. The zero-order valence-corrected chi connectivity index (χ0v) is 18.5. The number of oxime groups is 1. The van der Waals surface area contributed by atoms with Gasteiger partial charge in [0.05, 0.1) is 5.71 Å². The number of carbonyl (C=O) groups is 1. The first kappa shape index (κ1) is 26.7. The molecule has 2 aromatic rings. The molecule has 0 aromatic heterocycles. The summed E-state index contributed by atoms with van der Waals surface area (Å²) in [5.41, 5.74) is 1.03. The maximum absolute atomic E-state index is 13.9. The average Bonchev–Trinajstić information content (AvgIpc) is 2.84. The highest BCUT2D eigenvalue weighted by Gasteiger charge is 2.31. The standard InChI is InChI=1S/C26H24F5NO2/c1-4-5-9-16(2)12-13-17(3)14-15-19(18-10-7-6-8-11-18)32-34-26(33)20-21(27)23(29)25(31)24(30)22(20)28/h4,6-8,10-11H,1-3,5,9,12-15H2/b32-19-. The Hall–Kier alpha value is -3.55. The van der Waals surface area contributed by atoms with Crippen LogP contribution in [0.15, 0.2) is 72.4 Å². The van der Waals surface area contributed by atoms with Crippen molar-refractivity contribution in [2.45, 2.75) is 38.5 Å². The number of halogens is 5. The molecule has 0 atom stereocenters. The lowest BCUT2D eigenvalue weighted by Crippen LogP contribution is -2.14. The second-order valence-corrected chi connectivity index (χ2v) is 7.56. The van der Waals surface area contributed by atoms with Gasteiger partial charge in [-0.15, -0.1) is 6.58 Å². The quantitative estimate of drug-likeness (QED) is 0.0601. The molecule has 180 valence electrons. The molecule has 34 heavy (non-hydrogen) atoms. The molecule has 3 nitrogen and oxygen atoms in total. The van der Waals surface area contributed by atoms with Crippen molar-refractivity contribution in [3.63, 3.8) is 0 Å². The minimum atomic E-state index is -2.37. The van der Waals surface area contributed by atoms with E-state index >= 15 is 0 Å². The van der Waals surface area contributed by atoms with E-state index in [1.54, 1.807) is 30.3 Å². The first-order chi connectivity index (χ1) is 16.2. The third-order valence-electron chi connectivity index (χ3n) is 5.01. The van der Waals surface area contributed by atoms with Crippen molar-refractivity contribution in [1.29, 1.82) is 0 Å². The topological polar surface area (TPSA) is 38.7 Å². The molecule has 0 bridgehead atoms. The molecular formula is C26H24F5NO2. The highest BCUT2D eigenvalue weighted by Crippen LogP contribution is 2.24. The van der Waals surface area contributed by atoms with E-state index in [0.29, 0.717) is 18.4 Å². The Morgan fingerprint density at radius 1 is 0.794 bits per heavy atom. The van der Waals surface area contributed by atoms with Crippen molar-refractivity contribution in [3.8, 4) is 0 Å². The Morgan fingerprint density at radius 3 is 1.85 bits per heavy atom.